The van der Waals surface area contributed by atoms with Crippen LogP contribution in [0.25, 0.3) is 22.0 Å². The lowest BCUT2D eigenvalue weighted by Gasteiger charge is -2.36. The summed E-state index contributed by atoms with van der Waals surface area (Å²) >= 11 is 6.15. The van der Waals surface area contributed by atoms with Gasteiger partial charge in [-0.1, -0.05) is 48.0 Å². The van der Waals surface area contributed by atoms with E-state index in [1.54, 1.807) is 24.3 Å². The summed E-state index contributed by atoms with van der Waals surface area (Å²) in [4.78, 5) is 34.5. The second-order valence-electron chi connectivity index (χ2n) is 14.4. The van der Waals surface area contributed by atoms with Crippen LogP contribution in [-0.2, 0) is 16.6 Å². The second kappa shape index (κ2) is 17.7. The number of fused-ring (bicyclic) bond motifs is 1. The Kier molecular flexibility index (Phi) is 12.3. The van der Waals surface area contributed by atoms with Crippen LogP contribution in [0.3, 0.4) is 0 Å². The third-order valence-corrected chi connectivity index (χ3v) is 11.6. The number of sulfonamides is 1. The number of nitro groups is 1. The molecule has 1 aromatic heterocycles. The number of hydrogen-bond acceptors (Lipinski definition) is 10. The number of H-pyrrole nitrogens is 1. The van der Waals surface area contributed by atoms with Gasteiger partial charge < -0.3 is 24.8 Å². The molecule has 0 atom stereocenters. The fourth-order valence-electron chi connectivity index (χ4n) is 7.01. The number of nitro benzene ring substituents is 1. The van der Waals surface area contributed by atoms with Gasteiger partial charge in [0, 0.05) is 79.2 Å². The van der Waals surface area contributed by atoms with Crippen molar-refractivity contribution in [3.05, 3.63) is 142 Å². The Morgan fingerprint density at radius 2 is 1.71 bits per heavy atom. The molecule has 0 bridgehead atoms. The van der Waals surface area contributed by atoms with E-state index in [2.05, 4.69) is 43.0 Å². The summed E-state index contributed by atoms with van der Waals surface area (Å²) in [6.07, 6.45) is 2.53. The molecule has 0 radical (unpaired) electrons. The molecule has 1 aliphatic heterocycles. The lowest BCUT2D eigenvalue weighted by atomic mass is 9.99. The van der Waals surface area contributed by atoms with Gasteiger partial charge in [-0.25, -0.2) is 13.1 Å². The minimum atomic E-state index is -4.53. The van der Waals surface area contributed by atoms with Gasteiger partial charge in [-0.2, -0.15) is 0 Å². The number of halogens is 1. The van der Waals surface area contributed by atoms with Gasteiger partial charge in [0.05, 0.1) is 15.4 Å². The molecule has 15 heteroatoms. The Bertz CT molecular complexity index is 2540. The monoisotopic (exact) mass is 821 g/mol. The molecule has 58 heavy (non-hydrogen) atoms. The van der Waals surface area contributed by atoms with Gasteiger partial charge in [0.25, 0.3) is 21.6 Å². The number of amides is 1. The molecular formula is C43H44ClN7O6S. The Balaban J connectivity index is 1.09. The number of aromatic amines is 1. The summed E-state index contributed by atoms with van der Waals surface area (Å²) in [7, 11) is -0.679. The molecule has 1 saturated heterocycles. The topological polar surface area (TPSA) is 153 Å². The zero-order chi connectivity index (χ0) is 40.8. The highest BCUT2D eigenvalue weighted by molar-refractivity contribution is 7.90. The van der Waals surface area contributed by atoms with Crippen LogP contribution in [0.4, 0.5) is 17.1 Å². The molecule has 13 nitrogen and oxygen atoms in total. The number of nitrogens with zero attached hydrogens (tertiary/aromatic N) is 4. The van der Waals surface area contributed by atoms with Gasteiger partial charge in [0.2, 0.25) is 0 Å². The largest absolute Gasteiger partial charge is 0.456 e. The van der Waals surface area contributed by atoms with Gasteiger partial charge in [0.15, 0.2) is 0 Å². The van der Waals surface area contributed by atoms with E-state index in [0.717, 1.165) is 66.4 Å². The first-order chi connectivity index (χ1) is 27.9. The van der Waals surface area contributed by atoms with E-state index in [9.17, 15) is 23.3 Å². The van der Waals surface area contributed by atoms with Crippen molar-refractivity contribution in [2.24, 2.45) is 0 Å². The van der Waals surface area contributed by atoms with E-state index >= 15 is 0 Å². The number of carbonyl (C=O) groups is 1. The molecule has 1 aliphatic rings. The Morgan fingerprint density at radius 3 is 2.47 bits per heavy atom. The van der Waals surface area contributed by atoms with Crippen molar-refractivity contribution < 1.29 is 22.9 Å². The van der Waals surface area contributed by atoms with E-state index in [-0.39, 0.29) is 17.0 Å². The zero-order valence-electron chi connectivity index (χ0n) is 32.2. The fraction of sp³-hybridized carbons (Fsp3) is 0.233. The minimum absolute atomic E-state index is 0.0207. The number of rotatable bonds is 15. The third kappa shape index (κ3) is 9.60. The first kappa shape index (κ1) is 40.3. The number of carbonyl (C=O) groups excluding carboxylic acids is 1. The molecule has 300 valence electrons. The van der Waals surface area contributed by atoms with Gasteiger partial charge in [-0.05, 0) is 104 Å². The summed E-state index contributed by atoms with van der Waals surface area (Å²) in [6, 6.07) is 32.2. The summed E-state index contributed by atoms with van der Waals surface area (Å²) in [5.41, 5.74) is 4.95. The summed E-state index contributed by atoms with van der Waals surface area (Å²) in [5, 5.41) is 16.6. The molecule has 0 saturated carbocycles. The quantitative estimate of drug-likeness (QED) is 0.0528. The van der Waals surface area contributed by atoms with E-state index in [4.69, 9.17) is 16.3 Å². The van der Waals surface area contributed by atoms with Crippen LogP contribution < -0.4 is 19.7 Å². The van der Waals surface area contributed by atoms with Crippen LogP contribution in [0.1, 0.15) is 22.3 Å². The molecule has 3 N–H and O–H groups in total. The van der Waals surface area contributed by atoms with Gasteiger partial charge >= 0.3 is 0 Å². The smallest absolute Gasteiger partial charge is 0.293 e. The highest BCUT2D eigenvalue weighted by atomic mass is 35.5. The van der Waals surface area contributed by atoms with Crippen molar-refractivity contribution >= 4 is 55.5 Å². The number of hydrogen-bond donors (Lipinski definition) is 3. The average Bonchev–Trinajstić information content (AvgIpc) is 3.68. The number of ether oxygens (including phenoxy) is 1. The summed E-state index contributed by atoms with van der Waals surface area (Å²) < 4.78 is 35.6. The lowest BCUT2D eigenvalue weighted by molar-refractivity contribution is -0.384. The molecule has 7 rings (SSSR count). The predicted octanol–water partition coefficient (Wildman–Crippen LogP) is 7.99. The van der Waals surface area contributed by atoms with Crippen molar-refractivity contribution in [2.75, 3.05) is 63.6 Å². The minimum Gasteiger partial charge on any atom is -0.456 e. The molecule has 6 aromatic rings. The molecule has 0 aliphatic carbocycles. The Morgan fingerprint density at radius 1 is 0.931 bits per heavy atom. The van der Waals surface area contributed by atoms with Crippen LogP contribution >= 0.6 is 11.6 Å². The number of benzene rings is 5. The number of piperazine rings is 1. The van der Waals surface area contributed by atoms with Crippen LogP contribution in [0.15, 0.2) is 120 Å². The van der Waals surface area contributed by atoms with Crippen molar-refractivity contribution in [1.29, 1.82) is 0 Å². The first-order valence-electron chi connectivity index (χ1n) is 18.9. The summed E-state index contributed by atoms with van der Waals surface area (Å²) in [6.45, 7) is 4.97. The van der Waals surface area contributed by atoms with Crippen molar-refractivity contribution in [3.63, 3.8) is 0 Å². The SMILES string of the molecule is CN(C)CCCNc1ccc(S(=O)(=O)NC(=O)c2ccc(N3CCN(Cc4ccccc4-c4ccc(Cl)cc4)CC3)cc2Oc2ccc3[nH]ccc3c2)cc1[N+](=O)[O-]. The molecular weight excluding hydrogens is 778 g/mol. The fourth-order valence-corrected chi connectivity index (χ4v) is 8.12. The van der Waals surface area contributed by atoms with Crippen molar-refractivity contribution in [1.82, 2.24) is 19.5 Å². The number of aromatic nitrogens is 1. The molecule has 0 spiro atoms. The van der Waals surface area contributed by atoms with Gasteiger partial charge in [-0.15, -0.1) is 0 Å². The number of nitrogens with one attached hydrogen (secondary N) is 3. The van der Waals surface area contributed by atoms with Crippen LogP contribution in [-0.4, -0.2) is 87.4 Å². The molecule has 5 aromatic carbocycles. The lowest BCUT2D eigenvalue weighted by Crippen LogP contribution is -2.46. The Labute approximate surface area is 342 Å². The highest BCUT2D eigenvalue weighted by Gasteiger charge is 2.27. The van der Waals surface area contributed by atoms with Gasteiger partial charge in [0.1, 0.15) is 17.2 Å². The van der Waals surface area contributed by atoms with Gasteiger partial charge in [-0.3, -0.25) is 19.8 Å². The third-order valence-electron chi connectivity index (χ3n) is 10.1. The summed E-state index contributed by atoms with van der Waals surface area (Å²) in [5.74, 6) is -0.334. The van der Waals surface area contributed by atoms with Crippen molar-refractivity contribution in [3.8, 4) is 22.6 Å². The van der Waals surface area contributed by atoms with Crippen LogP contribution in [0.5, 0.6) is 11.5 Å². The van der Waals surface area contributed by atoms with Crippen LogP contribution in [0.2, 0.25) is 5.02 Å². The predicted molar refractivity (Wildman–Crippen MR) is 229 cm³/mol. The first-order valence-corrected chi connectivity index (χ1v) is 20.7. The maximum atomic E-state index is 13.8. The van der Waals surface area contributed by atoms with E-state index < -0.39 is 31.4 Å². The molecule has 1 amide bonds. The maximum absolute atomic E-state index is 13.8. The second-order valence-corrected chi connectivity index (χ2v) is 16.5. The molecule has 1 fully saturated rings. The number of anilines is 2. The normalized spacial score (nSPS) is 13.5. The van der Waals surface area contributed by atoms with Crippen LogP contribution in [0, 0.1) is 10.1 Å². The van der Waals surface area contributed by atoms with E-state index in [1.807, 2.05) is 73.7 Å². The molecule has 2 heterocycles. The zero-order valence-corrected chi connectivity index (χ0v) is 33.7. The Hall–Kier alpha value is -5.93. The van der Waals surface area contributed by atoms with Crippen molar-refractivity contribution in [2.45, 2.75) is 17.9 Å². The molecule has 0 unspecified atom stereocenters. The van der Waals surface area contributed by atoms with E-state index in [0.29, 0.717) is 30.4 Å². The standard InChI is InChI=1S/C43H44ClN7O6S/c1-48(2)21-5-19-45-40-17-14-36(28-41(40)51(53)54)58(55,56)47-43(52)38-15-12-34(27-42(38)57-35-13-16-39-31(26-35)18-20-46-39)50-24-22-49(23-25-50)29-32-6-3-4-7-37(32)30-8-10-33(44)11-9-30/h3-4,6-18,20,26-28,45-46H,5,19,21-25,29H2,1-2H3,(H,47,52). The average molecular weight is 822 g/mol. The van der Waals surface area contributed by atoms with E-state index in [1.165, 1.54) is 17.7 Å². The maximum Gasteiger partial charge on any atom is 0.293 e. The highest BCUT2D eigenvalue weighted by Crippen LogP contribution is 2.34.